The van der Waals surface area contributed by atoms with Crippen molar-refractivity contribution in [2.75, 3.05) is 47.9 Å². The Bertz CT molecular complexity index is 3530. The van der Waals surface area contributed by atoms with Crippen LogP contribution >= 0.6 is 0 Å². The smallest absolute Gasteiger partial charge is 0.463 e. The van der Waals surface area contributed by atoms with E-state index in [1.54, 1.807) is 42.3 Å². The third kappa shape index (κ3) is 9.41. The topological polar surface area (TPSA) is 210 Å². The summed E-state index contributed by atoms with van der Waals surface area (Å²) in [4.78, 5) is 6.71. The van der Waals surface area contributed by atoms with Crippen molar-refractivity contribution in [3.63, 3.8) is 0 Å². The minimum Gasteiger partial charge on any atom is -0.739 e. The molecule has 0 radical (unpaired) electrons. The molecule has 0 spiro atoms. The molecule has 3 aliphatic carbocycles. The molecule has 0 bridgehead atoms. The van der Waals surface area contributed by atoms with E-state index in [-0.39, 0.29) is 47.2 Å². The van der Waals surface area contributed by atoms with E-state index in [9.17, 15) is 48.8 Å². The van der Waals surface area contributed by atoms with Gasteiger partial charge in [0.05, 0.1) is 45.3 Å². The maximum absolute atomic E-state index is 14.1. The highest BCUT2D eigenvalue weighted by Crippen LogP contribution is 2.33. The number of hydrogen-bond donors (Lipinski definition) is 0. The number of hydrogen-bond acceptors (Lipinski definition) is 12. The fraction of sp³-hybridized carbons (Fsp3) is 0.377. The molecule has 388 valence electrons. The summed E-state index contributed by atoms with van der Waals surface area (Å²) < 4.78 is 54.3. The second-order valence-electron chi connectivity index (χ2n) is 20.0. The van der Waals surface area contributed by atoms with Crippen LogP contribution in [-0.2, 0) is 51.2 Å². The van der Waals surface area contributed by atoms with Gasteiger partial charge in [-0.05, 0) is 158 Å². The van der Waals surface area contributed by atoms with Crippen molar-refractivity contribution in [3.8, 4) is 0 Å². The molecule has 22 heteroatoms. The second-order valence-corrected chi connectivity index (χ2v) is 20.0. The highest BCUT2D eigenvalue weighted by Gasteiger charge is 2.37. The third-order valence-electron chi connectivity index (χ3n) is 15.2. The van der Waals surface area contributed by atoms with E-state index in [1.807, 2.05) is 29.2 Å². The Hall–Kier alpha value is -8.17. The summed E-state index contributed by atoms with van der Waals surface area (Å²) in [7, 11) is 1.56. The third-order valence-corrected chi connectivity index (χ3v) is 15.2. The molecule has 0 saturated carbocycles. The van der Waals surface area contributed by atoms with Crippen molar-refractivity contribution in [2.24, 2.45) is 0 Å². The lowest BCUT2D eigenvalue weighted by molar-refractivity contribution is -0.673. The molecule has 13 rings (SSSR count). The number of halogens is 4. The minimum absolute atomic E-state index is 0.0242. The van der Waals surface area contributed by atoms with Crippen molar-refractivity contribution in [2.45, 2.75) is 95.7 Å². The molecule has 5 aromatic carbocycles. The maximum Gasteiger partial charge on any atom is 0.463 e. The molecule has 5 aliphatic rings. The van der Waals surface area contributed by atoms with Crippen molar-refractivity contribution in [1.82, 2.24) is 15.3 Å². The molecule has 1 atom stereocenters. The van der Waals surface area contributed by atoms with Crippen molar-refractivity contribution in [3.05, 3.63) is 172 Å². The van der Waals surface area contributed by atoms with E-state index in [2.05, 4.69) is 15.3 Å². The van der Waals surface area contributed by atoms with E-state index >= 15 is 0 Å². The predicted octanol–water partition coefficient (Wildman–Crippen LogP) is 5.36. The van der Waals surface area contributed by atoms with E-state index in [0.717, 1.165) is 128 Å². The molecule has 5 heterocycles. The number of rotatable bonds is 6. The van der Waals surface area contributed by atoms with Gasteiger partial charge in [0.25, 0.3) is 16.6 Å². The molecule has 1 unspecified atom stereocenters. The highest BCUT2D eigenvalue weighted by molar-refractivity contribution is 5.73. The molecule has 8 aromatic rings. The van der Waals surface area contributed by atoms with Crippen LogP contribution in [0.1, 0.15) is 94.5 Å². The number of fused-ring (bicyclic) bond motifs is 6. The van der Waals surface area contributed by atoms with Gasteiger partial charge in [-0.2, -0.15) is 13.2 Å². The van der Waals surface area contributed by atoms with Crippen molar-refractivity contribution in [1.29, 1.82) is 0 Å². The van der Waals surface area contributed by atoms with Gasteiger partial charge in [-0.1, -0.05) is 30.3 Å². The Kier molecular flexibility index (Phi) is 12.8. The number of aryl methyl sites for hydroxylation is 6. The Morgan fingerprint density at radius 3 is 1.47 bits per heavy atom. The molecule has 0 amide bonds. The zero-order chi connectivity index (χ0) is 52.3. The van der Waals surface area contributed by atoms with Crippen LogP contribution in [0.5, 0.6) is 0 Å². The molecular weight excluding hydrogens is 977 g/mol. The fourth-order valence-corrected chi connectivity index (χ4v) is 11.3. The maximum atomic E-state index is 14.1. The normalized spacial score (nSPS) is 16.7. The summed E-state index contributed by atoms with van der Waals surface area (Å²) in [5.74, 6) is -0.0401. The van der Waals surface area contributed by atoms with E-state index < -0.39 is 11.7 Å². The zero-order valence-corrected chi connectivity index (χ0v) is 41.0. The monoisotopic (exact) mass is 1030 g/mol. The van der Waals surface area contributed by atoms with Gasteiger partial charge in [-0.3, -0.25) is 14.7 Å². The largest absolute Gasteiger partial charge is 0.739 e. The lowest BCUT2D eigenvalue weighted by Gasteiger charge is -2.17. The Balaban J connectivity index is 0.000000122. The molecule has 75 heavy (non-hydrogen) atoms. The van der Waals surface area contributed by atoms with Crippen molar-refractivity contribution < 1.29 is 46.3 Å². The van der Waals surface area contributed by atoms with Crippen LogP contribution in [0, 0.1) is 37.1 Å². The van der Waals surface area contributed by atoms with Crippen molar-refractivity contribution >= 4 is 50.9 Å². The lowest BCUT2D eigenvalue weighted by atomic mass is 9.98. The number of alkyl halides is 3. The Labute approximate surface area is 427 Å². The SMILES string of the molecule is CN(Cc1ccc(C(F)(F)F)cc1)c1n[n+]([O-])c2cc3c(cc2[n+]1[O-])CCC3.[O-][n+]1nc(N2CCC(c3ccccc3F)C2)[n+]([O-])c2cc3c(cc21)CCC3.[O-][n+]1nc(N2CCCC2)[n+]([O-])c2cc3c(cc21)CCC3. The summed E-state index contributed by atoms with van der Waals surface area (Å²) in [6.07, 6.45) is 7.09. The van der Waals surface area contributed by atoms with Crippen LogP contribution in [0.15, 0.2) is 84.9 Å². The van der Waals surface area contributed by atoms with Crippen LogP contribution in [0.2, 0.25) is 0 Å². The molecule has 3 aromatic heterocycles. The highest BCUT2D eigenvalue weighted by atomic mass is 19.4. The molecule has 2 fully saturated rings. The average molecular weight is 1030 g/mol. The number of nitrogens with zero attached hydrogens (tertiary/aromatic N) is 12. The summed E-state index contributed by atoms with van der Waals surface area (Å²) in [5.41, 5.74) is 9.13. The van der Waals surface area contributed by atoms with Gasteiger partial charge in [-0.15, -0.1) is 0 Å². The van der Waals surface area contributed by atoms with Gasteiger partial charge >= 0.3 is 24.0 Å². The number of benzene rings is 5. The van der Waals surface area contributed by atoms with E-state index in [1.165, 1.54) is 34.2 Å². The fourth-order valence-electron chi connectivity index (χ4n) is 11.3. The van der Waals surface area contributed by atoms with Crippen LogP contribution in [0.3, 0.4) is 0 Å². The first kappa shape index (κ1) is 49.1. The van der Waals surface area contributed by atoms with Gasteiger partial charge in [0.1, 0.15) is 5.82 Å². The van der Waals surface area contributed by atoms with Gasteiger partial charge in [0, 0.05) is 38.7 Å². The first-order valence-electron chi connectivity index (χ1n) is 25.3. The van der Waals surface area contributed by atoms with E-state index in [4.69, 9.17) is 0 Å². The first-order chi connectivity index (χ1) is 36.1. The standard InChI is InChI=1S/C20H19FN4O2.C19H17F3N4O2.C14H16N4O2/c21-17-7-2-1-6-16(17)15-8-9-23(12-15)20-22-25(27)19-11-14-5-3-4-13(14)10-18(19)24(20)26;1-24(11-12-5-7-15(8-6-12)19(20,21)22)18-23-26(28)17-10-14-4-2-3-13(14)9-16(17)25(18)27;19-17-12-8-10-4-3-5-11(10)9-13(12)18(20)15-14(17)16-6-1-2-7-16/h1-2,6-7,10-11,15H,3-5,8-9,12H2;5-10H,2-4,11H2,1H3;8-9H,1-7H2. The molecular formula is C53H52F4N12O6. The molecule has 0 N–H and O–H groups in total. The van der Waals surface area contributed by atoms with Gasteiger partial charge in [0.15, 0.2) is 16.6 Å². The lowest BCUT2D eigenvalue weighted by Crippen LogP contribution is -2.47. The van der Waals surface area contributed by atoms with Crippen LogP contribution < -0.4 is 43.4 Å². The number of anilines is 3. The Morgan fingerprint density at radius 2 is 0.987 bits per heavy atom. The van der Waals surface area contributed by atoms with Crippen LogP contribution in [0.4, 0.5) is 35.4 Å². The van der Waals surface area contributed by atoms with E-state index in [0.29, 0.717) is 72.0 Å². The minimum atomic E-state index is -4.41. The zero-order valence-electron chi connectivity index (χ0n) is 41.0. The Morgan fingerprint density at radius 1 is 0.547 bits per heavy atom. The first-order valence-corrected chi connectivity index (χ1v) is 25.3. The van der Waals surface area contributed by atoms with Gasteiger partial charge in [0.2, 0.25) is 15.3 Å². The summed E-state index contributed by atoms with van der Waals surface area (Å²) in [6.45, 7) is 2.75. The predicted molar refractivity (Wildman–Crippen MR) is 266 cm³/mol. The summed E-state index contributed by atoms with van der Waals surface area (Å²) in [5, 5.41) is 87.1. The van der Waals surface area contributed by atoms with Gasteiger partial charge < -0.3 is 31.2 Å². The molecule has 2 saturated heterocycles. The second kappa shape index (κ2) is 19.6. The quantitative estimate of drug-likeness (QED) is 0.117. The number of aromatic nitrogens is 9. The van der Waals surface area contributed by atoms with Crippen LogP contribution in [0.25, 0.3) is 33.1 Å². The molecule has 18 nitrogen and oxygen atoms in total. The summed E-state index contributed by atoms with van der Waals surface area (Å²) >= 11 is 0. The van der Waals surface area contributed by atoms with Gasteiger partial charge in [-0.25, -0.2) is 18.6 Å². The molecule has 2 aliphatic heterocycles. The summed E-state index contributed by atoms with van der Waals surface area (Å²) in [6, 6.07) is 22.1. The average Bonchev–Trinajstić information content (AvgIpc) is 4.27. The van der Waals surface area contributed by atoms with Crippen LogP contribution in [-0.4, -0.2) is 48.5 Å².